The number of aryl methyl sites for hydroxylation is 1. The van der Waals surface area contributed by atoms with Crippen molar-refractivity contribution in [2.24, 2.45) is 0 Å². The van der Waals surface area contributed by atoms with Crippen LogP contribution in [0.1, 0.15) is 82.9 Å². The molecule has 0 aliphatic rings. The summed E-state index contributed by atoms with van der Waals surface area (Å²) in [6, 6.07) is 17.2. The minimum atomic E-state index is -0.458. The molecule has 224 valence electrons. The van der Waals surface area contributed by atoms with Gasteiger partial charge in [-0.05, 0) is 65.8 Å². The fraction of sp³-hybridized carbons (Fsp3) is 0.361. The highest BCUT2D eigenvalue weighted by Gasteiger charge is 2.22. The number of pyridine rings is 2. The second-order valence-electron chi connectivity index (χ2n) is 11.3. The third-order valence-electron chi connectivity index (χ3n) is 7.45. The number of rotatable bonds is 10. The summed E-state index contributed by atoms with van der Waals surface area (Å²) < 4.78 is 1.68. The van der Waals surface area contributed by atoms with E-state index in [0.29, 0.717) is 24.3 Å². The van der Waals surface area contributed by atoms with Gasteiger partial charge in [-0.3, -0.25) is 9.36 Å². The molecule has 0 atom stereocenters. The van der Waals surface area contributed by atoms with E-state index in [0.717, 1.165) is 52.7 Å². The molecular weight excluding hydrogens is 534 g/mol. The number of benzene rings is 2. The minimum Gasteiger partial charge on any atom is -0.307 e. The smallest absolute Gasteiger partial charge is 0.307 e. The summed E-state index contributed by atoms with van der Waals surface area (Å²) in [5.41, 5.74) is 5.67. The zero-order valence-electron chi connectivity index (χ0n) is 26.2. The zero-order chi connectivity index (χ0) is 30.9. The van der Waals surface area contributed by atoms with Crippen LogP contribution in [0.5, 0.6) is 0 Å². The van der Waals surface area contributed by atoms with Crippen LogP contribution in [0.15, 0.2) is 65.6 Å². The molecule has 0 unspecified atom stereocenters. The van der Waals surface area contributed by atoms with E-state index in [2.05, 4.69) is 67.4 Å². The topological polar surface area (TPSA) is 88.0 Å². The molecule has 43 heavy (non-hydrogen) atoms. The van der Waals surface area contributed by atoms with Gasteiger partial charge in [-0.2, -0.15) is 0 Å². The molecule has 0 saturated heterocycles. The molecule has 2 aromatic carbocycles. The Hall–Kier alpha value is -4.41. The first kappa shape index (κ1) is 31.5. The summed E-state index contributed by atoms with van der Waals surface area (Å²) in [5, 5.41) is 10.1. The Morgan fingerprint density at radius 1 is 0.930 bits per heavy atom. The zero-order valence-corrected chi connectivity index (χ0v) is 26.2. The molecule has 3 N–H and O–H groups in total. The number of nitrogens with one attached hydrogen (secondary N) is 3. The SMILES string of the molecule is CCCCn1c(=O)c(NC(=O)Nc2c(C(C)C)cccc2C(C)C)c(-c2cccc(C#CCNCC)c2)c2cccnc21. The lowest BCUT2D eigenvalue weighted by Gasteiger charge is -2.21. The Bertz CT molecular complexity index is 1680. The monoisotopic (exact) mass is 577 g/mol. The molecule has 0 aliphatic carbocycles. The van der Waals surface area contributed by atoms with E-state index < -0.39 is 6.03 Å². The second-order valence-corrected chi connectivity index (χ2v) is 11.3. The Kier molecular flexibility index (Phi) is 10.7. The first-order valence-electron chi connectivity index (χ1n) is 15.3. The van der Waals surface area contributed by atoms with Crippen molar-refractivity contribution in [1.29, 1.82) is 0 Å². The van der Waals surface area contributed by atoms with Gasteiger partial charge < -0.3 is 16.0 Å². The predicted molar refractivity (Wildman–Crippen MR) is 179 cm³/mol. The number of hydrogen-bond donors (Lipinski definition) is 3. The Morgan fingerprint density at radius 2 is 1.63 bits per heavy atom. The number of amides is 2. The van der Waals surface area contributed by atoms with E-state index in [-0.39, 0.29) is 23.1 Å². The van der Waals surface area contributed by atoms with Crippen LogP contribution in [0.3, 0.4) is 0 Å². The van der Waals surface area contributed by atoms with Crippen molar-refractivity contribution >= 4 is 28.4 Å². The lowest BCUT2D eigenvalue weighted by molar-refractivity contribution is 0.262. The molecule has 2 heterocycles. The fourth-order valence-corrected chi connectivity index (χ4v) is 5.26. The van der Waals surface area contributed by atoms with Gasteiger partial charge >= 0.3 is 6.03 Å². The first-order valence-corrected chi connectivity index (χ1v) is 15.3. The molecule has 2 aromatic heterocycles. The van der Waals surface area contributed by atoms with Gasteiger partial charge in [0.1, 0.15) is 11.3 Å². The van der Waals surface area contributed by atoms with Crippen molar-refractivity contribution < 1.29 is 4.79 Å². The van der Waals surface area contributed by atoms with Crippen molar-refractivity contribution in [3.63, 3.8) is 0 Å². The minimum absolute atomic E-state index is 0.207. The number of carbonyl (C=O) groups excluding carboxylic acids is 1. The number of hydrogen-bond acceptors (Lipinski definition) is 4. The van der Waals surface area contributed by atoms with Crippen LogP contribution in [0, 0.1) is 11.8 Å². The van der Waals surface area contributed by atoms with Gasteiger partial charge in [0, 0.05) is 34.9 Å². The maximum Gasteiger partial charge on any atom is 0.323 e. The molecule has 7 heteroatoms. The third-order valence-corrected chi connectivity index (χ3v) is 7.45. The number of urea groups is 1. The van der Waals surface area contributed by atoms with Gasteiger partial charge in [0.05, 0.1) is 6.54 Å². The molecule has 0 radical (unpaired) electrons. The van der Waals surface area contributed by atoms with Crippen molar-refractivity contribution in [2.45, 2.75) is 72.8 Å². The van der Waals surface area contributed by atoms with Gasteiger partial charge in [-0.25, -0.2) is 9.78 Å². The van der Waals surface area contributed by atoms with Crippen LogP contribution < -0.4 is 21.5 Å². The molecule has 0 bridgehead atoms. The molecular formula is C36H43N5O2. The van der Waals surface area contributed by atoms with E-state index in [9.17, 15) is 9.59 Å². The van der Waals surface area contributed by atoms with E-state index in [4.69, 9.17) is 0 Å². The number of fused-ring (bicyclic) bond motifs is 1. The quantitative estimate of drug-likeness (QED) is 0.133. The molecule has 0 fully saturated rings. The van der Waals surface area contributed by atoms with Gasteiger partial charge in [-0.1, -0.05) is 90.1 Å². The highest BCUT2D eigenvalue weighted by molar-refractivity contribution is 6.07. The Morgan fingerprint density at radius 3 is 2.30 bits per heavy atom. The van der Waals surface area contributed by atoms with Crippen LogP contribution in [0.4, 0.5) is 16.2 Å². The number of para-hydroxylation sites is 1. The van der Waals surface area contributed by atoms with Gasteiger partial charge in [0.2, 0.25) is 0 Å². The number of nitrogens with zero attached hydrogens (tertiary/aromatic N) is 2. The molecule has 7 nitrogen and oxygen atoms in total. The maximum absolute atomic E-state index is 14.2. The van der Waals surface area contributed by atoms with Crippen LogP contribution in [0.25, 0.3) is 22.2 Å². The van der Waals surface area contributed by atoms with E-state index >= 15 is 0 Å². The predicted octanol–water partition coefficient (Wildman–Crippen LogP) is 7.72. The van der Waals surface area contributed by atoms with Crippen LogP contribution in [0.2, 0.25) is 0 Å². The summed E-state index contributed by atoms with van der Waals surface area (Å²) in [6.45, 7) is 14.5. The summed E-state index contributed by atoms with van der Waals surface area (Å²) in [6.07, 6.45) is 3.43. The van der Waals surface area contributed by atoms with Crippen molar-refractivity contribution in [1.82, 2.24) is 14.9 Å². The summed E-state index contributed by atoms with van der Waals surface area (Å²) in [7, 11) is 0. The lowest BCUT2D eigenvalue weighted by Crippen LogP contribution is -2.30. The average molecular weight is 578 g/mol. The molecule has 4 rings (SSSR count). The van der Waals surface area contributed by atoms with E-state index in [1.807, 2.05) is 61.5 Å². The summed E-state index contributed by atoms with van der Waals surface area (Å²) >= 11 is 0. The number of aromatic nitrogens is 2. The number of anilines is 2. The summed E-state index contributed by atoms with van der Waals surface area (Å²) in [5.74, 6) is 6.77. The maximum atomic E-state index is 14.2. The second kappa shape index (κ2) is 14.7. The fourth-order valence-electron chi connectivity index (χ4n) is 5.26. The third kappa shape index (κ3) is 7.33. The molecule has 0 saturated carbocycles. The molecule has 0 aliphatic heterocycles. The van der Waals surface area contributed by atoms with Crippen molar-refractivity contribution in [3.8, 4) is 23.0 Å². The molecule has 0 spiro atoms. The van der Waals surface area contributed by atoms with Crippen LogP contribution >= 0.6 is 0 Å². The Labute approximate surface area is 255 Å². The van der Waals surface area contributed by atoms with E-state index in [1.165, 1.54) is 0 Å². The normalized spacial score (nSPS) is 11.1. The van der Waals surface area contributed by atoms with Crippen molar-refractivity contribution in [2.75, 3.05) is 23.7 Å². The lowest BCUT2D eigenvalue weighted by atomic mass is 9.93. The van der Waals surface area contributed by atoms with Crippen LogP contribution in [-0.4, -0.2) is 28.7 Å². The van der Waals surface area contributed by atoms with Gasteiger partial charge in [0.15, 0.2) is 0 Å². The average Bonchev–Trinajstić information content (AvgIpc) is 2.99. The highest BCUT2D eigenvalue weighted by Crippen LogP contribution is 2.35. The first-order chi connectivity index (χ1) is 20.8. The summed E-state index contributed by atoms with van der Waals surface area (Å²) in [4.78, 5) is 32.6. The molecule has 2 amide bonds. The number of carbonyl (C=O) groups is 1. The van der Waals surface area contributed by atoms with Crippen molar-refractivity contribution in [3.05, 3.63) is 87.8 Å². The van der Waals surface area contributed by atoms with E-state index in [1.54, 1.807) is 10.8 Å². The highest BCUT2D eigenvalue weighted by atomic mass is 16.2. The largest absolute Gasteiger partial charge is 0.323 e. The standard InChI is InChI=1S/C36H43N5O2/c1-7-9-22-41-34-30(19-13-21-38-34)31(27-16-10-14-26(23-27)15-12-20-37-8-2)33(35(41)42)40-36(43)39-32-28(24(3)4)17-11-18-29(32)25(5)6/h10-11,13-14,16-19,21,23-25,37H,7-9,20,22H2,1-6H3,(H2,39,40,43). The van der Waals surface area contributed by atoms with Gasteiger partial charge in [0.25, 0.3) is 5.56 Å². The number of unbranched alkanes of at least 4 members (excludes halogenated alkanes) is 1. The van der Waals surface area contributed by atoms with Gasteiger partial charge in [-0.15, -0.1) is 0 Å². The Balaban J connectivity index is 1.88. The molecule has 4 aromatic rings. The van der Waals surface area contributed by atoms with Crippen LogP contribution in [-0.2, 0) is 6.54 Å².